The third-order valence-electron chi connectivity index (χ3n) is 3.94. The summed E-state index contributed by atoms with van der Waals surface area (Å²) in [5, 5.41) is 5.43. The number of nitrogens with one attached hydrogen (secondary N) is 2. The van der Waals surface area contributed by atoms with Gasteiger partial charge in [0.1, 0.15) is 0 Å². The molecule has 0 aliphatic carbocycles. The summed E-state index contributed by atoms with van der Waals surface area (Å²) in [6, 6.07) is 3.86. The second-order valence-electron chi connectivity index (χ2n) is 5.80. The van der Waals surface area contributed by atoms with Crippen LogP contribution in [0, 0.1) is 0 Å². The van der Waals surface area contributed by atoms with Crippen LogP contribution in [0.1, 0.15) is 43.9 Å². The second kappa shape index (κ2) is 7.21. The van der Waals surface area contributed by atoms with Gasteiger partial charge in [0.15, 0.2) is 0 Å². The molecule has 128 valence electrons. The largest absolute Gasteiger partial charge is 0.416 e. The van der Waals surface area contributed by atoms with E-state index in [0.29, 0.717) is 12.2 Å². The molecular weight excluding hydrogens is 309 g/mol. The summed E-state index contributed by atoms with van der Waals surface area (Å²) in [5.74, 6) is 0. The lowest BCUT2D eigenvalue weighted by molar-refractivity contribution is -0.137. The van der Waals surface area contributed by atoms with E-state index in [1.165, 1.54) is 6.07 Å². The van der Waals surface area contributed by atoms with E-state index < -0.39 is 23.8 Å². The monoisotopic (exact) mass is 330 g/mol. The Labute approximate surface area is 133 Å². The van der Waals surface area contributed by atoms with Gasteiger partial charge in [-0.15, -0.1) is 0 Å². The number of hydrogen-bond acceptors (Lipinski definition) is 2. The van der Waals surface area contributed by atoms with Gasteiger partial charge in [0.25, 0.3) is 0 Å². The van der Waals surface area contributed by atoms with Crippen molar-refractivity contribution in [1.82, 2.24) is 10.6 Å². The zero-order valence-corrected chi connectivity index (χ0v) is 13.1. The molecule has 0 aromatic heterocycles. The van der Waals surface area contributed by atoms with Crippen LogP contribution in [0.15, 0.2) is 24.3 Å². The SMILES string of the molecule is CC(NC(=O)NC(C)C1CCCO1)c1cccc(C(F)(F)F)c1. The quantitative estimate of drug-likeness (QED) is 0.886. The van der Waals surface area contributed by atoms with Gasteiger partial charge in [-0.05, 0) is 44.4 Å². The van der Waals surface area contributed by atoms with Crippen LogP contribution in [0.5, 0.6) is 0 Å². The van der Waals surface area contributed by atoms with Crippen LogP contribution in [-0.4, -0.2) is 24.8 Å². The van der Waals surface area contributed by atoms with Crippen molar-refractivity contribution < 1.29 is 22.7 Å². The minimum atomic E-state index is -4.40. The Morgan fingerprint density at radius 2 is 2.04 bits per heavy atom. The highest BCUT2D eigenvalue weighted by Gasteiger charge is 2.31. The third kappa shape index (κ3) is 4.86. The zero-order chi connectivity index (χ0) is 17.0. The van der Waals surface area contributed by atoms with E-state index in [4.69, 9.17) is 4.74 Å². The number of rotatable bonds is 4. The van der Waals surface area contributed by atoms with E-state index in [1.807, 2.05) is 6.92 Å². The fraction of sp³-hybridized carbons (Fsp3) is 0.562. The number of halogens is 3. The van der Waals surface area contributed by atoms with Crippen molar-refractivity contribution in [3.8, 4) is 0 Å². The zero-order valence-electron chi connectivity index (χ0n) is 13.1. The van der Waals surface area contributed by atoms with Gasteiger partial charge < -0.3 is 15.4 Å². The Bertz CT molecular complexity index is 542. The molecule has 23 heavy (non-hydrogen) atoms. The van der Waals surface area contributed by atoms with E-state index in [1.54, 1.807) is 13.0 Å². The lowest BCUT2D eigenvalue weighted by Gasteiger charge is -2.22. The molecule has 1 fully saturated rings. The van der Waals surface area contributed by atoms with E-state index in [2.05, 4.69) is 10.6 Å². The molecule has 3 atom stereocenters. The van der Waals surface area contributed by atoms with E-state index in [9.17, 15) is 18.0 Å². The van der Waals surface area contributed by atoms with Crippen molar-refractivity contribution in [2.24, 2.45) is 0 Å². The molecule has 7 heteroatoms. The maximum absolute atomic E-state index is 12.7. The minimum absolute atomic E-state index is 0.00962. The van der Waals surface area contributed by atoms with Crippen molar-refractivity contribution in [2.45, 2.75) is 51.1 Å². The van der Waals surface area contributed by atoms with Crippen LogP contribution in [0.25, 0.3) is 0 Å². The van der Waals surface area contributed by atoms with Crippen LogP contribution in [0.3, 0.4) is 0 Å². The predicted molar refractivity (Wildman–Crippen MR) is 80.0 cm³/mol. The van der Waals surface area contributed by atoms with Gasteiger partial charge >= 0.3 is 12.2 Å². The van der Waals surface area contributed by atoms with Gasteiger partial charge in [-0.2, -0.15) is 13.2 Å². The number of urea groups is 1. The number of amides is 2. The molecule has 2 amide bonds. The van der Waals surface area contributed by atoms with Gasteiger partial charge in [0.05, 0.1) is 23.8 Å². The average molecular weight is 330 g/mol. The Hall–Kier alpha value is -1.76. The van der Waals surface area contributed by atoms with Gasteiger partial charge in [-0.25, -0.2) is 4.79 Å². The Morgan fingerprint density at radius 3 is 2.65 bits per heavy atom. The van der Waals surface area contributed by atoms with E-state index in [0.717, 1.165) is 25.0 Å². The first-order valence-corrected chi connectivity index (χ1v) is 7.63. The number of ether oxygens (including phenoxy) is 1. The molecule has 2 rings (SSSR count). The lowest BCUT2D eigenvalue weighted by atomic mass is 10.0. The number of hydrogen-bond donors (Lipinski definition) is 2. The molecule has 3 unspecified atom stereocenters. The van der Waals surface area contributed by atoms with Gasteiger partial charge in [0, 0.05) is 6.61 Å². The summed E-state index contributed by atoms with van der Waals surface area (Å²) in [4.78, 5) is 12.0. The standard InChI is InChI=1S/C16H21F3N2O2/c1-10(12-5-3-6-13(9-12)16(17,18)19)20-15(22)21-11(2)14-7-4-8-23-14/h3,5-6,9-11,14H,4,7-8H2,1-2H3,(H2,20,21,22). The highest BCUT2D eigenvalue weighted by Crippen LogP contribution is 2.30. The molecule has 1 aliphatic heterocycles. The molecule has 0 bridgehead atoms. The predicted octanol–water partition coefficient (Wildman–Crippen LogP) is 3.63. The number of benzene rings is 1. The molecule has 1 heterocycles. The number of carbonyl (C=O) groups is 1. The van der Waals surface area contributed by atoms with Crippen molar-refractivity contribution in [3.63, 3.8) is 0 Å². The minimum Gasteiger partial charge on any atom is -0.376 e. The summed E-state index contributed by atoms with van der Waals surface area (Å²) in [5.41, 5.74) is -0.323. The van der Waals surface area contributed by atoms with Crippen molar-refractivity contribution in [2.75, 3.05) is 6.61 Å². The van der Waals surface area contributed by atoms with Gasteiger partial charge in [0.2, 0.25) is 0 Å². The van der Waals surface area contributed by atoms with Crippen molar-refractivity contribution in [1.29, 1.82) is 0 Å². The Balaban J connectivity index is 1.93. The van der Waals surface area contributed by atoms with Crippen molar-refractivity contribution in [3.05, 3.63) is 35.4 Å². The first-order chi connectivity index (χ1) is 10.8. The fourth-order valence-corrected chi connectivity index (χ4v) is 2.60. The lowest BCUT2D eigenvalue weighted by Crippen LogP contribution is -2.46. The van der Waals surface area contributed by atoms with E-state index >= 15 is 0 Å². The molecule has 1 aliphatic rings. The smallest absolute Gasteiger partial charge is 0.376 e. The molecule has 1 saturated heterocycles. The van der Waals surface area contributed by atoms with Gasteiger partial charge in [-0.3, -0.25) is 0 Å². The molecule has 0 spiro atoms. The third-order valence-corrected chi connectivity index (χ3v) is 3.94. The summed E-state index contributed by atoms with van der Waals surface area (Å²) in [7, 11) is 0. The second-order valence-corrected chi connectivity index (χ2v) is 5.80. The normalized spacial score (nSPS) is 20.8. The average Bonchev–Trinajstić information content (AvgIpc) is 3.00. The highest BCUT2D eigenvalue weighted by molar-refractivity contribution is 5.74. The Kier molecular flexibility index (Phi) is 5.51. The molecule has 2 N–H and O–H groups in total. The first kappa shape index (κ1) is 17.6. The summed E-state index contributed by atoms with van der Waals surface area (Å²) in [6.07, 6.45) is -2.54. The van der Waals surface area contributed by atoms with Gasteiger partial charge in [-0.1, -0.05) is 12.1 Å². The highest BCUT2D eigenvalue weighted by atomic mass is 19.4. The molecule has 0 radical (unpaired) electrons. The number of alkyl halides is 3. The topological polar surface area (TPSA) is 50.4 Å². The van der Waals surface area contributed by atoms with Crippen LogP contribution < -0.4 is 10.6 Å². The molecule has 4 nitrogen and oxygen atoms in total. The van der Waals surface area contributed by atoms with Crippen LogP contribution in [0.4, 0.5) is 18.0 Å². The molecule has 0 saturated carbocycles. The molecule has 1 aromatic rings. The Morgan fingerprint density at radius 1 is 1.30 bits per heavy atom. The first-order valence-electron chi connectivity index (χ1n) is 7.63. The molecule has 1 aromatic carbocycles. The maximum Gasteiger partial charge on any atom is 0.416 e. The summed E-state index contributed by atoms with van der Waals surface area (Å²) >= 11 is 0. The van der Waals surface area contributed by atoms with Crippen LogP contribution in [-0.2, 0) is 10.9 Å². The molecular formula is C16H21F3N2O2. The summed E-state index contributed by atoms with van der Waals surface area (Å²) in [6.45, 7) is 4.19. The summed E-state index contributed by atoms with van der Waals surface area (Å²) < 4.78 is 43.7. The van der Waals surface area contributed by atoms with Crippen molar-refractivity contribution >= 4 is 6.03 Å². The van der Waals surface area contributed by atoms with Crippen LogP contribution in [0.2, 0.25) is 0 Å². The maximum atomic E-state index is 12.7. The number of carbonyl (C=O) groups excluding carboxylic acids is 1. The van der Waals surface area contributed by atoms with E-state index in [-0.39, 0.29) is 12.1 Å². The fourth-order valence-electron chi connectivity index (χ4n) is 2.60. The van der Waals surface area contributed by atoms with Crippen LogP contribution >= 0.6 is 0 Å².